The van der Waals surface area contributed by atoms with E-state index in [2.05, 4.69) is 0 Å². The highest BCUT2D eigenvalue weighted by molar-refractivity contribution is 7.95. The van der Waals surface area contributed by atoms with Crippen molar-refractivity contribution in [1.29, 1.82) is 0 Å². The number of hydrogen-bond acceptors (Lipinski definition) is 5. The third-order valence-corrected chi connectivity index (χ3v) is 7.21. The van der Waals surface area contributed by atoms with Gasteiger partial charge in [0.1, 0.15) is 4.91 Å². The lowest BCUT2D eigenvalue weighted by Gasteiger charge is -2.27. The van der Waals surface area contributed by atoms with Crippen LogP contribution in [0.5, 0.6) is 0 Å². The number of sulfone groups is 1. The standard InChI is InChI=1S/C22H25ClN2O4S.ClH/c1-15-5-7-16(8-6-15)19-21(30(28,29)18-11-9-17(23)10-12-18)20(26)22(27)25(19)14-4-13-24(2)3;/h5-12,19,26H,4,13-14H2,1-3H3;1H. The SMILES string of the molecule is Cc1ccc(C2C(S(=O)(=O)c3ccc(Cl)cc3)=C(O)C(=O)N2CCCN(C)C)cc1.Cl. The summed E-state index contributed by atoms with van der Waals surface area (Å²) in [6, 6.07) is 12.1. The van der Waals surface area contributed by atoms with Crippen LogP contribution in [0.15, 0.2) is 64.1 Å². The van der Waals surface area contributed by atoms with Gasteiger partial charge >= 0.3 is 0 Å². The van der Waals surface area contributed by atoms with Gasteiger partial charge in [-0.25, -0.2) is 8.42 Å². The lowest BCUT2D eigenvalue weighted by molar-refractivity contribution is -0.129. The highest BCUT2D eigenvalue weighted by Gasteiger charge is 2.46. The molecule has 1 amide bonds. The number of aliphatic hydroxyl groups excluding tert-OH is 1. The molecule has 168 valence electrons. The van der Waals surface area contributed by atoms with Crippen LogP contribution >= 0.6 is 24.0 Å². The summed E-state index contributed by atoms with van der Waals surface area (Å²) in [5.41, 5.74) is 1.65. The first kappa shape index (κ1) is 25.2. The Morgan fingerprint density at radius 1 is 1.06 bits per heavy atom. The van der Waals surface area contributed by atoms with Crippen molar-refractivity contribution in [3.63, 3.8) is 0 Å². The van der Waals surface area contributed by atoms with Crippen LogP contribution in [0.1, 0.15) is 23.6 Å². The average Bonchev–Trinajstić information content (AvgIpc) is 2.94. The van der Waals surface area contributed by atoms with Gasteiger partial charge in [-0.3, -0.25) is 4.79 Å². The molecule has 0 bridgehead atoms. The molecule has 1 N–H and O–H groups in total. The van der Waals surface area contributed by atoms with Crippen LogP contribution in [0.2, 0.25) is 5.02 Å². The summed E-state index contributed by atoms with van der Waals surface area (Å²) in [6.07, 6.45) is 0.642. The number of carbonyl (C=O) groups excluding carboxylic acids is 1. The molecule has 0 saturated heterocycles. The van der Waals surface area contributed by atoms with E-state index >= 15 is 0 Å². The molecule has 0 aliphatic carbocycles. The minimum Gasteiger partial charge on any atom is -0.502 e. The van der Waals surface area contributed by atoms with E-state index in [0.29, 0.717) is 23.6 Å². The van der Waals surface area contributed by atoms with Crippen LogP contribution in [0, 0.1) is 6.92 Å². The smallest absolute Gasteiger partial charge is 0.290 e. The molecule has 0 aromatic heterocycles. The number of benzene rings is 2. The van der Waals surface area contributed by atoms with Gasteiger partial charge < -0.3 is 14.9 Å². The van der Waals surface area contributed by atoms with Crippen molar-refractivity contribution in [2.24, 2.45) is 0 Å². The Bertz CT molecular complexity index is 1070. The van der Waals surface area contributed by atoms with E-state index in [0.717, 1.165) is 12.1 Å². The summed E-state index contributed by atoms with van der Waals surface area (Å²) in [7, 11) is -0.269. The van der Waals surface area contributed by atoms with E-state index in [4.69, 9.17) is 11.6 Å². The fourth-order valence-electron chi connectivity index (χ4n) is 3.51. The largest absolute Gasteiger partial charge is 0.502 e. The van der Waals surface area contributed by atoms with E-state index in [1.54, 1.807) is 12.1 Å². The van der Waals surface area contributed by atoms with Gasteiger partial charge in [0.2, 0.25) is 9.84 Å². The average molecular weight is 485 g/mol. The van der Waals surface area contributed by atoms with Crippen molar-refractivity contribution in [3.8, 4) is 0 Å². The first-order valence-electron chi connectivity index (χ1n) is 9.59. The highest BCUT2D eigenvalue weighted by atomic mass is 35.5. The molecule has 31 heavy (non-hydrogen) atoms. The van der Waals surface area contributed by atoms with Crippen LogP contribution in [0.4, 0.5) is 0 Å². The van der Waals surface area contributed by atoms with E-state index in [1.807, 2.05) is 38.1 Å². The van der Waals surface area contributed by atoms with Gasteiger partial charge in [-0.2, -0.15) is 0 Å². The molecule has 0 fully saturated rings. The monoisotopic (exact) mass is 484 g/mol. The van der Waals surface area contributed by atoms with E-state index < -0.39 is 27.5 Å². The Balaban J connectivity index is 0.00000341. The van der Waals surface area contributed by atoms with Gasteiger partial charge in [-0.1, -0.05) is 41.4 Å². The third-order valence-electron chi connectivity index (χ3n) is 5.07. The summed E-state index contributed by atoms with van der Waals surface area (Å²) in [6.45, 7) is 2.97. The van der Waals surface area contributed by atoms with Gasteiger partial charge in [0.25, 0.3) is 5.91 Å². The summed E-state index contributed by atoms with van der Waals surface area (Å²) in [5, 5.41) is 11.0. The van der Waals surface area contributed by atoms with Crippen LogP contribution in [-0.4, -0.2) is 56.4 Å². The molecule has 1 atom stereocenters. The predicted molar refractivity (Wildman–Crippen MR) is 124 cm³/mol. The molecular weight excluding hydrogens is 459 g/mol. The molecule has 3 rings (SSSR count). The predicted octanol–water partition coefficient (Wildman–Crippen LogP) is 4.15. The van der Waals surface area contributed by atoms with E-state index in [1.165, 1.54) is 29.2 Å². The number of amides is 1. The van der Waals surface area contributed by atoms with Crippen LogP contribution in [-0.2, 0) is 14.6 Å². The molecular formula is C22H26Cl2N2O4S. The Morgan fingerprint density at radius 3 is 2.19 bits per heavy atom. The molecule has 0 spiro atoms. The zero-order chi connectivity index (χ0) is 22.1. The first-order chi connectivity index (χ1) is 14.1. The second-order valence-corrected chi connectivity index (χ2v) is 9.99. The Morgan fingerprint density at radius 2 is 1.65 bits per heavy atom. The summed E-state index contributed by atoms with van der Waals surface area (Å²) < 4.78 is 26.9. The zero-order valence-electron chi connectivity index (χ0n) is 17.6. The van der Waals surface area contributed by atoms with Gasteiger partial charge in [0.15, 0.2) is 5.76 Å². The van der Waals surface area contributed by atoms with Crippen molar-refractivity contribution in [1.82, 2.24) is 9.80 Å². The number of nitrogens with zero attached hydrogens (tertiary/aromatic N) is 2. The maximum atomic E-state index is 13.4. The zero-order valence-corrected chi connectivity index (χ0v) is 20.0. The van der Waals surface area contributed by atoms with Crippen LogP contribution < -0.4 is 0 Å². The molecule has 1 heterocycles. The quantitative estimate of drug-likeness (QED) is 0.638. The van der Waals surface area contributed by atoms with E-state index in [-0.39, 0.29) is 22.2 Å². The molecule has 6 nitrogen and oxygen atoms in total. The normalized spacial score (nSPS) is 16.7. The van der Waals surface area contributed by atoms with E-state index in [9.17, 15) is 18.3 Å². The summed E-state index contributed by atoms with van der Waals surface area (Å²) in [5.74, 6) is -1.40. The Hall–Kier alpha value is -2.06. The van der Waals surface area contributed by atoms with Crippen LogP contribution in [0.25, 0.3) is 0 Å². The maximum absolute atomic E-state index is 13.4. The van der Waals surface area contributed by atoms with Crippen molar-refractivity contribution in [2.45, 2.75) is 24.3 Å². The molecule has 0 radical (unpaired) electrons. The molecule has 2 aromatic carbocycles. The lowest BCUT2D eigenvalue weighted by Crippen LogP contribution is -2.33. The third kappa shape index (κ3) is 5.23. The number of halogens is 2. The first-order valence-corrected chi connectivity index (χ1v) is 11.4. The Labute approximate surface area is 194 Å². The molecule has 0 saturated carbocycles. The minimum absolute atomic E-state index is 0. The summed E-state index contributed by atoms with van der Waals surface area (Å²) >= 11 is 5.90. The maximum Gasteiger partial charge on any atom is 0.290 e. The fraction of sp³-hybridized carbons (Fsp3) is 0.318. The van der Waals surface area contributed by atoms with Crippen molar-refractivity contribution < 1.29 is 18.3 Å². The number of aryl methyl sites for hydroxylation is 1. The lowest BCUT2D eigenvalue weighted by atomic mass is 10.0. The summed E-state index contributed by atoms with van der Waals surface area (Å²) in [4.78, 5) is 16.0. The van der Waals surface area contributed by atoms with Crippen molar-refractivity contribution >= 4 is 39.8 Å². The fourth-order valence-corrected chi connectivity index (χ4v) is 5.29. The molecule has 1 aliphatic rings. The van der Waals surface area contributed by atoms with Gasteiger partial charge in [-0.05, 0) is 63.8 Å². The second-order valence-electron chi connectivity index (χ2n) is 7.64. The van der Waals surface area contributed by atoms with Crippen molar-refractivity contribution in [3.05, 3.63) is 75.3 Å². The molecule has 1 aliphatic heterocycles. The van der Waals surface area contributed by atoms with Crippen LogP contribution in [0.3, 0.4) is 0 Å². The molecule has 2 aromatic rings. The minimum atomic E-state index is -4.12. The second kappa shape index (κ2) is 10.0. The highest BCUT2D eigenvalue weighted by Crippen LogP contribution is 2.42. The Kier molecular flexibility index (Phi) is 8.16. The number of carbonyl (C=O) groups is 1. The van der Waals surface area contributed by atoms with Gasteiger partial charge in [-0.15, -0.1) is 12.4 Å². The molecule has 9 heteroatoms. The number of rotatable bonds is 7. The topological polar surface area (TPSA) is 77.9 Å². The van der Waals surface area contributed by atoms with Gasteiger partial charge in [0.05, 0.1) is 10.9 Å². The number of aliphatic hydroxyl groups is 1. The van der Waals surface area contributed by atoms with Gasteiger partial charge in [0, 0.05) is 11.6 Å². The number of hydrogen-bond donors (Lipinski definition) is 1. The molecule has 1 unspecified atom stereocenters. The van der Waals surface area contributed by atoms with Crippen molar-refractivity contribution in [2.75, 3.05) is 27.2 Å².